The van der Waals surface area contributed by atoms with Crippen molar-refractivity contribution in [1.82, 2.24) is 10.6 Å². The second kappa shape index (κ2) is 5.50. The van der Waals surface area contributed by atoms with E-state index in [-0.39, 0.29) is 24.9 Å². The Balaban J connectivity index is 2.15. The number of nitrogens with one attached hydrogen (secondary N) is 2. The molecule has 98 valence electrons. The van der Waals surface area contributed by atoms with E-state index in [0.717, 1.165) is 0 Å². The molecule has 0 saturated carbocycles. The van der Waals surface area contributed by atoms with Gasteiger partial charge in [-0.2, -0.15) is 5.26 Å². The van der Waals surface area contributed by atoms with E-state index in [0.29, 0.717) is 11.3 Å². The fourth-order valence-electron chi connectivity index (χ4n) is 1.95. The number of rotatable bonds is 2. The summed E-state index contributed by atoms with van der Waals surface area (Å²) in [5, 5.41) is 14.5. The molecule has 19 heavy (non-hydrogen) atoms. The van der Waals surface area contributed by atoms with Gasteiger partial charge in [-0.1, -0.05) is 12.1 Å². The standard InChI is InChI=1S/C13H14N4O2/c1-17(11-5-3-2-4-9(11)6-14)13(19)10-7-16-12(18)8-15-10/h2-5,10,15H,7-8H2,1H3,(H,16,18). The van der Waals surface area contributed by atoms with Crippen LogP contribution in [0.4, 0.5) is 5.69 Å². The molecule has 0 spiro atoms. The van der Waals surface area contributed by atoms with Crippen molar-refractivity contribution in [2.24, 2.45) is 0 Å². The highest BCUT2D eigenvalue weighted by Crippen LogP contribution is 2.18. The molecule has 0 bridgehead atoms. The molecule has 1 atom stereocenters. The molecule has 6 heteroatoms. The first-order valence-corrected chi connectivity index (χ1v) is 5.90. The largest absolute Gasteiger partial charge is 0.353 e. The van der Waals surface area contributed by atoms with E-state index in [9.17, 15) is 9.59 Å². The van der Waals surface area contributed by atoms with Crippen molar-refractivity contribution in [2.45, 2.75) is 6.04 Å². The maximum atomic E-state index is 12.3. The van der Waals surface area contributed by atoms with E-state index < -0.39 is 6.04 Å². The van der Waals surface area contributed by atoms with Crippen molar-refractivity contribution in [3.05, 3.63) is 29.8 Å². The van der Waals surface area contributed by atoms with Gasteiger partial charge in [-0.05, 0) is 12.1 Å². The zero-order chi connectivity index (χ0) is 13.8. The summed E-state index contributed by atoms with van der Waals surface area (Å²) in [5.41, 5.74) is 1.01. The van der Waals surface area contributed by atoms with E-state index >= 15 is 0 Å². The van der Waals surface area contributed by atoms with Crippen molar-refractivity contribution in [2.75, 3.05) is 25.0 Å². The molecule has 1 aromatic rings. The number of amides is 2. The molecule has 1 unspecified atom stereocenters. The van der Waals surface area contributed by atoms with Crippen LogP contribution in [0.5, 0.6) is 0 Å². The van der Waals surface area contributed by atoms with Gasteiger partial charge in [-0.15, -0.1) is 0 Å². The Morgan fingerprint density at radius 3 is 2.84 bits per heavy atom. The molecule has 6 nitrogen and oxygen atoms in total. The molecule has 1 aliphatic rings. The summed E-state index contributed by atoms with van der Waals surface area (Å²) in [6, 6.07) is 8.50. The number of carbonyl (C=O) groups excluding carboxylic acids is 2. The Hall–Kier alpha value is -2.39. The first-order chi connectivity index (χ1) is 9.13. The molecule has 1 aromatic carbocycles. The van der Waals surface area contributed by atoms with Gasteiger partial charge in [0.05, 0.1) is 17.8 Å². The molecule has 1 fully saturated rings. The fraction of sp³-hybridized carbons (Fsp3) is 0.308. The van der Waals surface area contributed by atoms with Gasteiger partial charge >= 0.3 is 0 Å². The Morgan fingerprint density at radius 2 is 2.21 bits per heavy atom. The lowest BCUT2D eigenvalue weighted by Crippen LogP contribution is -2.58. The zero-order valence-corrected chi connectivity index (χ0v) is 10.5. The second-order valence-electron chi connectivity index (χ2n) is 4.26. The van der Waals surface area contributed by atoms with Crippen LogP contribution in [0.15, 0.2) is 24.3 Å². The summed E-state index contributed by atoms with van der Waals surface area (Å²) in [4.78, 5) is 24.7. The van der Waals surface area contributed by atoms with Gasteiger partial charge in [-0.3, -0.25) is 14.9 Å². The van der Waals surface area contributed by atoms with Crippen LogP contribution in [0.3, 0.4) is 0 Å². The van der Waals surface area contributed by atoms with Crippen LogP contribution < -0.4 is 15.5 Å². The molecule has 1 saturated heterocycles. The third kappa shape index (κ3) is 2.72. The number of para-hydroxylation sites is 1. The van der Waals surface area contributed by atoms with E-state index in [1.54, 1.807) is 31.3 Å². The highest BCUT2D eigenvalue weighted by Gasteiger charge is 2.27. The molecule has 0 radical (unpaired) electrons. The predicted octanol–water partition coefficient (Wildman–Crippen LogP) is -0.391. The lowest BCUT2D eigenvalue weighted by Gasteiger charge is -2.28. The second-order valence-corrected chi connectivity index (χ2v) is 4.26. The third-order valence-corrected chi connectivity index (χ3v) is 3.03. The van der Waals surface area contributed by atoms with Gasteiger partial charge in [0.15, 0.2) is 0 Å². The highest BCUT2D eigenvalue weighted by molar-refractivity contribution is 5.99. The van der Waals surface area contributed by atoms with E-state index in [1.807, 2.05) is 0 Å². The van der Waals surface area contributed by atoms with Crippen molar-refractivity contribution < 1.29 is 9.59 Å². The Bertz CT molecular complexity index is 540. The smallest absolute Gasteiger partial charge is 0.245 e. The number of nitriles is 1. The van der Waals surface area contributed by atoms with Crippen molar-refractivity contribution in [3.63, 3.8) is 0 Å². The number of carbonyl (C=O) groups is 2. The first-order valence-electron chi connectivity index (χ1n) is 5.90. The molecular weight excluding hydrogens is 244 g/mol. The van der Waals surface area contributed by atoms with Crippen LogP contribution in [-0.2, 0) is 9.59 Å². The topological polar surface area (TPSA) is 85.2 Å². The van der Waals surface area contributed by atoms with Crippen molar-refractivity contribution >= 4 is 17.5 Å². The number of hydrogen-bond donors (Lipinski definition) is 2. The molecule has 2 N–H and O–H groups in total. The van der Waals surface area contributed by atoms with Crippen LogP contribution in [0.1, 0.15) is 5.56 Å². The normalized spacial score (nSPS) is 18.3. The number of hydrogen-bond acceptors (Lipinski definition) is 4. The Kier molecular flexibility index (Phi) is 3.78. The Labute approximate surface area is 111 Å². The van der Waals surface area contributed by atoms with Crippen LogP contribution in [0, 0.1) is 11.3 Å². The van der Waals surface area contributed by atoms with Gasteiger partial charge in [0.2, 0.25) is 11.8 Å². The molecule has 1 aliphatic heterocycles. The molecule has 2 rings (SSSR count). The SMILES string of the molecule is CN(C(=O)C1CNC(=O)CN1)c1ccccc1C#N. The average molecular weight is 258 g/mol. The summed E-state index contributed by atoms with van der Waals surface area (Å²) in [5.74, 6) is -0.299. The summed E-state index contributed by atoms with van der Waals surface area (Å²) in [6.45, 7) is 0.390. The van der Waals surface area contributed by atoms with Gasteiger partial charge < -0.3 is 10.2 Å². The summed E-state index contributed by atoms with van der Waals surface area (Å²) >= 11 is 0. The fourth-order valence-corrected chi connectivity index (χ4v) is 1.95. The molecule has 0 aromatic heterocycles. The number of piperazine rings is 1. The van der Waals surface area contributed by atoms with Crippen LogP contribution in [0.2, 0.25) is 0 Å². The van der Waals surface area contributed by atoms with Crippen LogP contribution >= 0.6 is 0 Å². The minimum absolute atomic E-state index is 0.121. The third-order valence-electron chi connectivity index (χ3n) is 3.03. The minimum atomic E-state index is -0.463. The molecule has 0 aliphatic carbocycles. The lowest BCUT2D eigenvalue weighted by atomic mass is 10.1. The molecular formula is C13H14N4O2. The van der Waals surface area contributed by atoms with E-state index in [1.165, 1.54) is 4.90 Å². The summed E-state index contributed by atoms with van der Waals surface area (Å²) in [7, 11) is 1.62. The van der Waals surface area contributed by atoms with Crippen molar-refractivity contribution in [3.8, 4) is 6.07 Å². The first kappa shape index (κ1) is 13.1. The monoisotopic (exact) mass is 258 g/mol. The van der Waals surface area contributed by atoms with Gasteiger partial charge in [-0.25, -0.2) is 0 Å². The highest BCUT2D eigenvalue weighted by atomic mass is 16.2. The lowest BCUT2D eigenvalue weighted by molar-refractivity contribution is -0.125. The minimum Gasteiger partial charge on any atom is -0.353 e. The number of likely N-dealkylation sites (N-methyl/N-ethyl adjacent to an activating group) is 1. The summed E-state index contributed by atoms with van der Waals surface area (Å²) < 4.78 is 0. The summed E-state index contributed by atoms with van der Waals surface area (Å²) in [6.07, 6.45) is 0. The van der Waals surface area contributed by atoms with Crippen LogP contribution in [-0.4, -0.2) is 38.0 Å². The van der Waals surface area contributed by atoms with Crippen molar-refractivity contribution in [1.29, 1.82) is 5.26 Å². The molecule has 1 heterocycles. The average Bonchev–Trinajstić information content (AvgIpc) is 2.46. The van der Waals surface area contributed by atoms with Gasteiger partial charge in [0, 0.05) is 13.6 Å². The number of nitrogens with zero attached hydrogens (tertiary/aromatic N) is 2. The van der Waals surface area contributed by atoms with E-state index in [2.05, 4.69) is 16.7 Å². The number of anilines is 1. The molecule has 2 amide bonds. The quantitative estimate of drug-likeness (QED) is 0.756. The predicted molar refractivity (Wildman–Crippen MR) is 69.4 cm³/mol. The maximum Gasteiger partial charge on any atom is 0.245 e. The van der Waals surface area contributed by atoms with Gasteiger partial charge in [0.1, 0.15) is 12.1 Å². The van der Waals surface area contributed by atoms with Gasteiger partial charge in [0.25, 0.3) is 0 Å². The number of benzene rings is 1. The maximum absolute atomic E-state index is 12.3. The van der Waals surface area contributed by atoms with E-state index in [4.69, 9.17) is 5.26 Å². The zero-order valence-electron chi connectivity index (χ0n) is 10.5. The van der Waals surface area contributed by atoms with Crippen LogP contribution in [0.25, 0.3) is 0 Å². The Morgan fingerprint density at radius 1 is 1.47 bits per heavy atom.